The Morgan fingerprint density at radius 1 is 1.24 bits per heavy atom. The van der Waals surface area contributed by atoms with E-state index in [9.17, 15) is 14.7 Å². The van der Waals surface area contributed by atoms with Gasteiger partial charge in [-0.15, -0.1) is 0 Å². The number of hydrogen-bond donors (Lipinski definition) is 1. The second kappa shape index (κ2) is 2.74. The van der Waals surface area contributed by atoms with E-state index < -0.39 is 39.7 Å². The Hall–Kier alpha value is -1.14. The van der Waals surface area contributed by atoms with E-state index >= 15 is 0 Å². The predicted octanol–water partition coefficient (Wildman–Crippen LogP) is 0.164. The lowest BCUT2D eigenvalue weighted by molar-refractivity contribution is -0.334. The average Bonchev–Trinajstić information content (AvgIpc) is 2.92. The molecule has 4 unspecified atom stereocenters. The van der Waals surface area contributed by atoms with Crippen molar-refractivity contribution in [3.63, 3.8) is 0 Å². The molecular formula is C15H18O6. The fraction of sp³-hybridized carbons (Fsp3) is 0.867. The molecule has 1 N–H and O–H groups in total. The minimum atomic E-state index is -0.866. The summed E-state index contributed by atoms with van der Waals surface area (Å²) in [5.74, 6) is -0.540. The van der Waals surface area contributed by atoms with Crippen molar-refractivity contribution in [2.24, 2.45) is 16.2 Å². The zero-order valence-corrected chi connectivity index (χ0v) is 12.3. The highest BCUT2D eigenvalue weighted by Crippen LogP contribution is 2.86. The topological polar surface area (TPSA) is 82.1 Å². The number of hydrogen-bond acceptors (Lipinski definition) is 6. The van der Waals surface area contributed by atoms with E-state index in [1.165, 1.54) is 0 Å². The largest absolute Gasteiger partial charge is 0.464 e. The summed E-state index contributed by atoms with van der Waals surface area (Å²) in [5, 5.41) is 10.5. The SMILES string of the molecule is CC12C(=O)OCC1(C)C13C[C@H](O)[C@@]4(C)O[C@@H]2C14CC(=O)O3. The van der Waals surface area contributed by atoms with E-state index in [2.05, 4.69) is 0 Å². The third-order valence-electron chi connectivity index (χ3n) is 7.72. The number of aliphatic hydroxyl groups is 1. The first-order valence-corrected chi connectivity index (χ1v) is 7.45. The molecule has 0 aromatic carbocycles. The van der Waals surface area contributed by atoms with E-state index in [0.717, 1.165) is 0 Å². The van der Waals surface area contributed by atoms with Gasteiger partial charge in [0.05, 0.1) is 29.5 Å². The van der Waals surface area contributed by atoms with Gasteiger partial charge in [0, 0.05) is 6.42 Å². The normalized spacial score (nSPS) is 66.3. The first-order chi connectivity index (χ1) is 9.70. The molecule has 0 radical (unpaired) electrons. The van der Waals surface area contributed by atoms with Crippen LogP contribution in [0.2, 0.25) is 0 Å². The molecule has 3 aliphatic heterocycles. The van der Waals surface area contributed by atoms with Crippen molar-refractivity contribution in [2.45, 2.75) is 57.0 Å². The molecule has 5 fully saturated rings. The van der Waals surface area contributed by atoms with Crippen LogP contribution in [0.3, 0.4) is 0 Å². The van der Waals surface area contributed by atoms with Crippen LogP contribution in [0.5, 0.6) is 0 Å². The van der Waals surface area contributed by atoms with Crippen LogP contribution in [0, 0.1) is 16.2 Å². The van der Waals surface area contributed by atoms with Crippen LogP contribution in [-0.2, 0) is 23.8 Å². The first kappa shape index (κ1) is 12.4. The highest BCUT2D eigenvalue weighted by atomic mass is 16.6. The molecule has 0 bridgehead atoms. The number of cyclic esters (lactones) is 1. The summed E-state index contributed by atoms with van der Waals surface area (Å²) in [4.78, 5) is 24.5. The molecule has 6 nitrogen and oxygen atoms in total. The zero-order valence-electron chi connectivity index (χ0n) is 12.3. The van der Waals surface area contributed by atoms with Crippen molar-refractivity contribution in [1.82, 2.24) is 0 Å². The van der Waals surface area contributed by atoms with Crippen LogP contribution >= 0.6 is 0 Å². The standard InChI is InChI=1S/C15H18O6/c1-11-6-19-10(18)12(11,2)9-14-5-8(17)20-15(11,14)4-7(16)13(14,3)21-9/h7,9,16H,4-6H2,1-3H3/t7-,9-,11?,12?,13+,14?,15?/m0/s1. The summed E-state index contributed by atoms with van der Waals surface area (Å²) in [5.41, 5.74) is -3.79. The second-order valence-corrected chi connectivity index (χ2v) is 7.88. The lowest BCUT2D eigenvalue weighted by Crippen LogP contribution is -2.72. The van der Waals surface area contributed by atoms with Crippen LogP contribution in [-0.4, -0.2) is 47.1 Å². The summed E-state index contributed by atoms with van der Waals surface area (Å²) < 4.78 is 17.3. The molecule has 1 spiro atoms. The van der Waals surface area contributed by atoms with E-state index in [1.807, 2.05) is 20.8 Å². The molecule has 2 aliphatic carbocycles. The van der Waals surface area contributed by atoms with Gasteiger partial charge in [-0.1, -0.05) is 6.92 Å². The highest BCUT2D eigenvalue weighted by Gasteiger charge is 2.99. The average molecular weight is 294 g/mol. The van der Waals surface area contributed by atoms with Gasteiger partial charge in [-0.25, -0.2) is 0 Å². The molecule has 0 amide bonds. The molecule has 0 aromatic rings. The number of carbonyl (C=O) groups is 2. The van der Waals surface area contributed by atoms with Gasteiger partial charge in [0.25, 0.3) is 0 Å². The van der Waals surface area contributed by atoms with Gasteiger partial charge in [-0.2, -0.15) is 0 Å². The van der Waals surface area contributed by atoms with E-state index in [1.54, 1.807) is 0 Å². The van der Waals surface area contributed by atoms with Crippen molar-refractivity contribution in [2.75, 3.05) is 6.61 Å². The highest BCUT2D eigenvalue weighted by molar-refractivity contribution is 5.86. The quantitative estimate of drug-likeness (QED) is 0.641. The Balaban J connectivity index is 1.85. The fourth-order valence-corrected chi connectivity index (χ4v) is 6.40. The van der Waals surface area contributed by atoms with Crippen LogP contribution in [0.15, 0.2) is 0 Å². The minimum absolute atomic E-state index is 0.208. The van der Waals surface area contributed by atoms with Crippen LogP contribution < -0.4 is 0 Å². The molecule has 3 saturated heterocycles. The van der Waals surface area contributed by atoms with Crippen LogP contribution in [0.4, 0.5) is 0 Å². The molecule has 114 valence electrons. The number of aliphatic hydroxyl groups excluding tert-OH is 1. The van der Waals surface area contributed by atoms with E-state index in [4.69, 9.17) is 14.2 Å². The van der Waals surface area contributed by atoms with Crippen molar-refractivity contribution >= 4 is 11.9 Å². The van der Waals surface area contributed by atoms with Gasteiger partial charge in [0.1, 0.15) is 23.2 Å². The maximum Gasteiger partial charge on any atom is 0.315 e. The van der Waals surface area contributed by atoms with Crippen molar-refractivity contribution < 1.29 is 28.9 Å². The summed E-state index contributed by atoms with van der Waals surface area (Å²) >= 11 is 0. The Morgan fingerprint density at radius 3 is 2.67 bits per heavy atom. The smallest absolute Gasteiger partial charge is 0.315 e. The Kier molecular flexibility index (Phi) is 1.62. The van der Waals surface area contributed by atoms with E-state index in [-0.39, 0.29) is 25.0 Å². The van der Waals surface area contributed by atoms with Gasteiger partial charge >= 0.3 is 11.9 Å². The molecule has 2 saturated carbocycles. The number of ether oxygens (including phenoxy) is 3. The number of esters is 2. The third-order valence-corrected chi connectivity index (χ3v) is 7.72. The lowest BCUT2D eigenvalue weighted by atomic mass is 9.60. The molecule has 6 heteroatoms. The zero-order chi connectivity index (χ0) is 15.1. The monoisotopic (exact) mass is 294 g/mol. The number of fused-ring (bicyclic) bond motifs is 2. The molecule has 21 heavy (non-hydrogen) atoms. The Bertz CT molecular complexity index is 632. The van der Waals surface area contributed by atoms with Gasteiger partial charge in [0.2, 0.25) is 0 Å². The lowest BCUT2D eigenvalue weighted by Gasteiger charge is -2.59. The van der Waals surface area contributed by atoms with Crippen molar-refractivity contribution in [1.29, 1.82) is 0 Å². The molecular weight excluding hydrogens is 276 g/mol. The maximum absolute atomic E-state index is 12.4. The maximum atomic E-state index is 12.4. The molecule has 5 aliphatic rings. The summed E-state index contributed by atoms with van der Waals surface area (Å²) in [6.07, 6.45) is -0.601. The summed E-state index contributed by atoms with van der Waals surface area (Å²) in [7, 11) is 0. The van der Waals surface area contributed by atoms with Crippen LogP contribution in [0.25, 0.3) is 0 Å². The first-order valence-electron chi connectivity index (χ1n) is 7.45. The van der Waals surface area contributed by atoms with Gasteiger partial charge in [0.15, 0.2) is 0 Å². The summed E-state index contributed by atoms with van der Waals surface area (Å²) in [6.45, 7) is 5.86. The van der Waals surface area contributed by atoms with Gasteiger partial charge < -0.3 is 19.3 Å². The summed E-state index contributed by atoms with van der Waals surface area (Å²) in [6, 6.07) is 0. The molecule has 3 heterocycles. The van der Waals surface area contributed by atoms with Gasteiger partial charge in [-0.3, -0.25) is 9.59 Å². The molecule has 0 aromatic heterocycles. The third kappa shape index (κ3) is 0.744. The Morgan fingerprint density at radius 2 is 1.95 bits per heavy atom. The van der Waals surface area contributed by atoms with Crippen LogP contribution in [0.1, 0.15) is 33.6 Å². The van der Waals surface area contributed by atoms with E-state index in [0.29, 0.717) is 6.42 Å². The Labute approximate surface area is 121 Å². The fourth-order valence-electron chi connectivity index (χ4n) is 6.40. The predicted molar refractivity (Wildman–Crippen MR) is 66.9 cm³/mol. The number of rotatable bonds is 0. The molecule has 7 atom stereocenters. The minimum Gasteiger partial charge on any atom is -0.464 e. The second-order valence-electron chi connectivity index (χ2n) is 7.88. The van der Waals surface area contributed by atoms with Gasteiger partial charge in [-0.05, 0) is 13.8 Å². The molecule has 5 rings (SSSR count). The van der Waals surface area contributed by atoms with Crippen molar-refractivity contribution in [3.05, 3.63) is 0 Å². The number of carbonyl (C=O) groups excluding carboxylic acids is 2. The van der Waals surface area contributed by atoms with Crippen molar-refractivity contribution in [3.8, 4) is 0 Å².